The van der Waals surface area contributed by atoms with Crippen LogP contribution in [-0.2, 0) is 27.1 Å². The molecule has 3 heterocycles. The van der Waals surface area contributed by atoms with Gasteiger partial charge in [-0.2, -0.15) is 0 Å². The molecule has 1 atom stereocenters. The first-order chi connectivity index (χ1) is 13.2. The highest BCUT2D eigenvalue weighted by Gasteiger charge is 2.43. The molecule has 0 bridgehead atoms. The SMILES string of the molecule is O=C(C1CCOC1)N1CCC2(CC1)CN(C1Cc3ccccc3C1)CCO2. The van der Waals surface area contributed by atoms with Gasteiger partial charge in [0.25, 0.3) is 0 Å². The van der Waals surface area contributed by atoms with Crippen molar-refractivity contribution in [1.29, 1.82) is 0 Å². The Morgan fingerprint density at radius 3 is 2.44 bits per heavy atom. The van der Waals surface area contributed by atoms with Crippen molar-refractivity contribution in [2.45, 2.75) is 43.7 Å². The second-order valence-corrected chi connectivity index (χ2v) is 8.72. The highest BCUT2D eigenvalue weighted by molar-refractivity contribution is 5.79. The molecule has 3 aliphatic heterocycles. The summed E-state index contributed by atoms with van der Waals surface area (Å²) in [6, 6.07) is 9.48. The van der Waals surface area contributed by atoms with Crippen molar-refractivity contribution in [1.82, 2.24) is 9.80 Å². The summed E-state index contributed by atoms with van der Waals surface area (Å²) in [5.41, 5.74) is 2.97. The summed E-state index contributed by atoms with van der Waals surface area (Å²) in [4.78, 5) is 17.4. The molecule has 5 rings (SSSR count). The largest absolute Gasteiger partial charge is 0.381 e. The number of hydrogen-bond donors (Lipinski definition) is 0. The van der Waals surface area contributed by atoms with E-state index in [1.165, 1.54) is 24.0 Å². The quantitative estimate of drug-likeness (QED) is 0.797. The average Bonchev–Trinajstić information content (AvgIpc) is 3.38. The monoisotopic (exact) mass is 370 g/mol. The number of carbonyl (C=O) groups is 1. The van der Waals surface area contributed by atoms with E-state index in [0.29, 0.717) is 18.6 Å². The van der Waals surface area contributed by atoms with Crippen molar-refractivity contribution in [3.63, 3.8) is 0 Å². The molecule has 146 valence electrons. The Labute approximate surface area is 161 Å². The maximum atomic E-state index is 12.7. The van der Waals surface area contributed by atoms with Gasteiger partial charge in [0, 0.05) is 38.8 Å². The summed E-state index contributed by atoms with van der Waals surface area (Å²) >= 11 is 0. The Morgan fingerprint density at radius 1 is 1.04 bits per heavy atom. The van der Waals surface area contributed by atoms with Crippen LogP contribution < -0.4 is 0 Å². The third kappa shape index (κ3) is 3.41. The minimum absolute atomic E-state index is 0.0595. The molecule has 1 unspecified atom stereocenters. The number of hydrogen-bond acceptors (Lipinski definition) is 4. The average molecular weight is 370 g/mol. The second-order valence-electron chi connectivity index (χ2n) is 8.72. The molecule has 4 aliphatic rings. The molecular formula is C22H30N2O3. The van der Waals surface area contributed by atoms with Crippen LogP contribution in [0, 0.1) is 5.92 Å². The zero-order valence-corrected chi connectivity index (χ0v) is 16.1. The Morgan fingerprint density at radius 2 is 1.78 bits per heavy atom. The number of fused-ring (bicyclic) bond motifs is 1. The lowest BCUT2D eigenvalue weighted by Gasteiger charge is -2.49. The molecule has 1 aromatic carbocycles. The number of likely N-dealkylation sites (tertiary alicyclic amines) is 1. The first kappa shape index (κ1) is 17.7. The van der Waals surface area contributed by atoms with Gasteiger partial charge in [-0.15, -0.1) is 0 Å². The molecule has 5 heteroatoms. The third-order valence-corrected chi connectivity index (χ3v) is 7.09. The minimum Gasteiger partial charge on any atom is -0.381 e. The Hall–Kier alpha value is -1.43. The van der Waals surface area contributed by atoms with E-state index in [1.807, 2.05) is 0 Å². The zero-order chi connectivity index (χ0) is 18.3. The Bertz CT molecular complexity index is 668. The number of rotatable bonds is 2. The van der Waals surface area contributed by atoms with Crippen LogP contribution in [0.25, 0.3) is 0 Å². The Kier molecular flexibility index (Phi) is 4.70. The number of morpholine rings is 1. The van der Waals surface area contributed by atoms with Crippen LogP contribution in [0.15, 0.2) is 24.3 Å². The summed E-state index contributed by atoms with van der Waals surface area (Å²) in [5, 5.41) is 0. The Balaban J connectivity index is 1.20. The molecule has 3 saturated heterocycles. The van der Waals surface area contributed by atoms with E-state index >= 15 is 0 Å². The van der Waals surface area contributed by atoms with Crippen molar-refractivity contribution < 1.29 is 14.3 Å². The van der Waals surface area contributed by atoms with Gasteiger partial charge in [0.1, 0.15) is 0 Å². The third-order valence-electron chi connectivity index (χ3n) is 7.09. The van der Waals surface area contributed by atoms with E-state index < -0.39 is 0 Å². The number of piperidine rings is 1. The van der Waals surface area contributed by atoms with Crippen molar-refractivity contribution in [3.8, 4) is 0 Å². The van der Waals surface area contributed by atoms with E-state index in [-0.39, 0.29) is 11.5 Å². The molecule has 0 N–H and O–H groups in total. The van der Waals surface area contributed by atoms with Gasteiger partial charge in [-0.1, -0.05) is 24.3 Å². The lowest BCUT2D eigenvalue weighted by molar-refractivity contribution is -0.156. The molecule has 1 spiro atoms. The molecular weight excluding hydrogens is 340 g/mol. The van der Waals surface area contributed by atoms with Crippen molar-refractivity contribution >= 4 is 5.91 Å². The summed E-state index contributed by atoms with van der Waals surface area (Å²) in [6.45, 7) is 5.85. The summed E-state index contributed by atoms with van der Waals surface area (Å²) < 4.78 is 11.7. The lowest BCUT2D eigenvalue weighted by atomic mass is 9.88. The number of nitrogens with zero attached hydrogens (tertiary/aromatic N) is 2. The fourth-order valence-corrected chi connectivity index (χ4v) is 5.40. The number of ether oxygens (including phenoxy) is 2. The zero-order valence-electron chi connectivity index (χ0n) is 16.1. The molecule has 27 heavy (non-hydrogen) atoms. The van der Waals surface area contributed by atoms with Crippen molar-refractivity contribution in [2.24, 2.45) is 5.92 Å². The molecule has 0 radical (unpaired) electrons. The van der Waals surface area contributed by atoms with Crippen LogP contribution in [0.1, 0.15) is 30.4 Å². The molecule has 1 amide bonds. The molecule has 5 nitrogen and oxygen atoms in total. The van der Waals surface area contributed by atoms with Gasteiger partial charge in [-0.3, -0.25) is 9.69 Å². The molecule has 1 aliphatic carbocycles. The van der Waals surface area contributed by atoms with Gasteiger partial charge >= 0.3 is 0 Å². The van der Waals surface area contributed by atoms with Crippen LogP contribution in [0.3, 0.4) is 0 Å². The topological polar surface area (TPSA) is 42.0 Å². The van der Waals surface area contributed by atoms with Crippen LogP contribution in [-0.4, -0.2) is 73.3 Å². The van der Waals surface area contributed by atoms with Gasteiger partial charge in [0.05, 0.1) is 24.7 Å². The predicted molar refractivity (Wildman–Crippen MR) is 103 cm³/mol. The van der Waals surface area contributed by atoms with Gasteiger partial charge in [0.15, 0.2) is 0 Å². The van der Waals surface area contributed by atoms with Crippen molar-refractivity contribution in [2.75, 3.05) is 46.0 Å². The van der Waals surface area contributed by atoms with E-state index in [0.717, 1.165) is 58.7 Å². The highest BCUT2D eigenvalue weighted by atomic mass is 16.5. The van der Waals surface area contributed by atoms with Gasteiger partial charge < -0.3 is 14.4 Å². The normalized spacial score (nSPS) is 28.6. The van der Waals surface area contributed by atoms with Crippen LogP contribution in [0.2, 0.25) is 0 Å². The lowest BCUT2D eigenvalue weighted by Crippen LogP contribution is -2.59. The van der Waals surface area contributed by atoms with E-state index in [2.05, 4.69) is 34.1 Å². The maximum Gasteiger partial charge on any atom is 0.228 e. The van der Waals surface area contributed by atoms with Crippen LogP contribution in [0.4, 0.5) is 0 Å². The fourth-order valence-electron chi connectivity index (χ4n) is 5.40. The first-order valence-corrected chi connectivity index (χ1v) is 10.5. The number of carbonyl (C=O) groups excluding carboxylic acids is 1. The van der Waals surface area contributed by atoms with E-state index in [4.69, 9.17) is 9.47 Å². The van der Waals surface area contributed by atoms with E-state index in [1.54, 1.807) is 0 Å². The first-order valence-electron chi connectivity index (χ1n) is 10.5. The maximum absolute atomic E-state index is 12.7. The van der Waals surface area contributed by atoms with Gasteiger partial charge in [-0.25, -0.2) is 0 Å². The predicted octanol–water partition coefficient (Wildman–Crippen LogP) is 1.88. The summed E-state index contributed by atoms with van der Waals surface area (Å²) in [6.07, 6.45) is 5.13. The minimum atomic E-state index is -0.0595. The summed E-state index contributed by atoms with van der Waals surface area (Å²) in [5.74, 6) is 0.376. The van der Waals surface area contributed by atoms with Gasteiger partial charge in [0.2, 0.25) is 5.91 Å². The van der Waals surface area contributed by atoms with Crippen LogP contribution in [0.5, 0.6) is 0 Å². The molecule has 1 aromatic rings. The summed E-state index contributed by atoms with van der Waals surface area (Å²) in [7, 11) is 0. The molecule has 0 aromatic heterocycles. The van der Waals surface area contributed by atoms with Gasteiger partial charge in [-0.05, 0) is 43.2 Å². The van der Waals surface area contributed by atoms with Crippen LogP contribution >= 0.6 is 0 Å². The molecule has 3 fully saturated rings. The second kappa shape index (κ2) is 7.19. The number of benzene rings is 1. The fraction of sp³-hybridized carbons (Fsp3) is 0.682. The smallest absolute Gasteiger partial charge is 0.228 e. The molecule has 0 saturated carbocycles. The van der Waals surface area contributed by atoms with E-state index in [9.17, 15) is 4.79 Å². The van der Waals surface area contributed by atoms with Crippen molar-refractivity contribution in [3.05, 3.63) is 35.4 Å². The highest BCUT2D eigenvalue weighted by Crippen LogP contribution is 2.34. The standard InChI is InChI=1S/C22H30N2O3/c25-21(19-5-11-26-15-19)23-8-6-22(7-9-23)16-24(10-12-27-22)20-13-17-3-1-2-4-18(17)14-20/h1-4,19-20H,5-16H2. The number of amides is 1.